The normalized spacial score (nSPS) is 27.9. The van der Waals surface area contributed by atoms with E-state index >= 15 is 0 Å². The number of hydrogen-bond acceptors (Lipinski definition) is 6. The maximum absolute atomic E-state index is 13.2. The molecule has 1 unspecified atom stereocenters. The lowest BCUT2D eigenvalue weighted by Gasteiger charge is -2.07. The average Bonchev–Trinajstić information content (AvgIpc) is 3.21. The molecular weight excluding hydrogens is 387 g/mol. The summed E-state index contributed by atoms with van der Waals surface area (Å²) >= 11 is 0. The van der Waals surface area contributed by atoms with Crippen molar-refractivity contribution in [2.75, 3.05) is 0 Å². The SMILES string of the molecule is Cn1cnc2ncn(Cc3nc([C@@]45C6C(c7ccc(F)cc7)=C[C@H]4[C@@H]65)no3)c(=O)c21. The Morgan fingerprint density at radius 3 is 2.80 bits per heavy atom. The number of halogens is 1. The highest BCUT2D eigenvalue weighted by molar-refractivity contribution is 5.84. The topological polar surface area (TPSA) is 91.6 Å². The highest BCUT2D eigenvalue weighted by Gasteiger charge is 2.92. The van der Waals surface area contributed by atoms with Gasteiger partial charge >= 0.3 is 0 Å². The second-order valence-corrected chi connectivity index (χ2v) is 8.31. The van der Waals surface area contributed by atoms with Crippen molar-refractivity contribution >= 4 is 16.7 Å². The quantitative estimate of drug-likeness (QED) is 0.518. The fraction of sp³-hybridized carbons (Fsp3) is 0.286. The smallest absolute Gasteiger partial charge is 0.280 e. The van der Waals surface area contributed by atoms with Gasteiger partial charge in [0, 0.05) is 13.0 Å². The molecular formula is C21H15FN6O2. The number of aromatic nitrogens is 6. The second kappa shape index (κ2) is 5.10. The Hall–Kier alpha value is -3.62. The van der Waals surface area contributed by atoms with Gasteiger partial charge in [0.05, 0.1) is 11.7 Å². The minimum absolute atomic E-state index is 0.0688. The molecule has 2 saturated carbocycles. The molecule has 0 radical (unpaired) electrons. The molecule has 2 fully saturated rings. The van der Waals surface area contributed by atoms with Crippen LogP contribution in [0.5, 0.6) is 0 Å². The van der Waals surface area contributed by atoms with Crippen molar-refractivity contribution in [1.29, 1.82) is 0 Å². The first-order valence-corrected chi connectivity index (χ1v) is 9.76. The minimum atomic E-state index is -0.233. The van der Waals surface area contributed by atoms with Crippen molar-refractivity contribution in [3.63, 3.8) is 0 Å². The van der Waals surface area contributed by atoms with Crippen LogP contribution in [0.3, 0.4) is 0 Å². The Labute approximate surface area is 168 Å². The van der Waals surface area contributed by atoms with Crippen molar-refractivity contribution in [1.82, 2.24) is 29.2 Å². The Balaban J connectivity index is 1.16. The summed E-state index contributed by atoms with van der Waals surface area (Å²) in [5, 5.41) is 4.24. The van der Waals surface area contributed by atoms with Gasteiger partial charge in [-0.3, -0.25) is 9.36 Å². The number of benzene rings is 1. The Bertz CT molecular complexity index is 1450. The van der Waals surface area contributed by atoms with Crippen LogP contribution in [0.15, 0.2) is 52.3 Å². The maximum Gasteiger partial charge on any atom is 0.280 e. The molecule has 4 aliphatic carbocycles. The van der Waals surface area contributed by atoms with E-state index < -0.39 is 0 Å². The van der Waals surface area contributed by atoms with E-state index in [4.69, 9.17) is 4.52 Å². The molecule has 0 saturated heterocycles. The molecule has 4 aliphatic rings. The zero-order valence-electron chi connectivity index (χ0n) is 15.9. The van der Waals surface area contributed by atoms with Gasteiger partial charge in [0.1, 0.15) is 18.7 Å². The first-order chi connectivity index (χ1) is 14.6. The summed E-state index contributed by atoms with van der Waals surface area (Å²) in [5.41, 5.74) is 2.89. The molecule has 4 atom stereocenters. The monoisotopic (exact) mass is 402 g/mol. The summed E-state index contributed by atoms with van der Waals surface area (Å²) in [6.45, 7) is 0.161. The van der Waals surface area contributed by atoms with Crippen LogP contribution < -0.4 is 5.56 Å². The molecule has 0 amide bonds. The molecule has 3 aromatic heterocycles. The summed E-state index contributed by atoms with van der Waals surface area (Å²) < 4.78 is 21.8. The molecule has 1 aromatic carbocycles. The molecule has 9 heteroatoms. The molecule has 2 bridgehead atoms. The van der Waals surface area contributed by atoms with E-state index in [2.05, 4.69) is 26.2 Å². The molecule has 30 heavy (non-hydrogen) atoms. The third-order valence-corrected chi connectivity index (χ3v) is 6.88. The largest absolute Gasteiger partial charge is 0.337 e. The van der Waals surface area contributed by atoms with E-state index in [-0.39, 0.29) is 23.3 Å². The molecule has 3 heterocycles. The standard InChI is InChI=1S/C21H15FN6O2/c1-27-8-23-18-17(27)19(29)28(9-24-18)7-14-25-20(26-30-14)21-13-6-12(15(21)16(13)21)10-2-4-11(22)5-3-10/h2-6,8-9,13,15-16H,7H2,1H3/t13-,15?,16-,21+/m0/s1. The molecule has 0 aliphatic heterocycles. The fourth-order valence-electron chi connectivity index (χ4n) is 5.36. The van der Waals surface area contributed by atoms with Crippen molar-refractivity contribution in [3.8, 4) is 0 Å². The van der Waals surface area contributed by atoms with Crippen molar-refractivity contribution in [2.45, 2.75) is 12.0 Å². The second-order valence-electron chi connectivity index (χ2n) is 8.31. The molecule has 148 valence electrons. The van der Waals surface area contributed by atoms with Gasteiger partial charge in [0.25, 0.3) is 5.56 Å². The van der Waals surface area contributed by atoms with Crippen molar-refractivity contribution in [2.24, 2.45) is 24.8 Å². The van der Waals surface area contributed by atoms with Gasteiger partial charge in [-0.2, -0.15) is 4.98 Å². The summed E-state index contributed by atoms with van der Waals surface area (Å²) in [7, 11) is 1.76. The lowest BCUT2D eigenvalue weighted by molar-refractivity contribution is 0.361. The summed E-state index contributed by atoms with van der Waals surface area (Å²) in [6.07, 6.45) is 5.29. The lowest BCUT2D eigenvalue weighted by Crippen LogP contribution is -2.22. The third kappa shape index (κ3) is 1.83. The Morgan fingerprint density at radius 2 is 2.00 bits per heavy atom. The van der Waals surface area contributed by atoms with Crippen LogP contribution in [-0.2, 0) is 19.0 Å². The zero-order valence-corrected chi connectivity index (χ0v) is 15.9. The number of imidazole rings is 1. The summed E-state index contributed by atoms with van der Waals surface area (Å²) in [6, 6.07) is 6.63. The Kier molecular flexibility index (Phi) is 2.76. The first kappa shape index (κ1) is 16.2. The Morgan fingerprint density at radius 1 is 1.20 bits per heavy atom. The van der Waals surface area contributed by atoms with Crippen LogP contribution in [-0.4, -0.2) is 29.2 Å². The molecule has 4 aromatic rings. The van der Waals surface area contributed by atoms with E-state index in [1.165, 1.54) is 28.6 Å². The molecule has 8 rings (SSSR count). The van der Waals surface area contributed by atoms with Crippen molar-refractivity contribution in [3.05, 3.63) is 76.4 Å². The van der Waals surface area contributed by atoms with Crippen LogP contribution in [0.1, 0.15) is 17.3 Å². The fourth-order valence-corrected chi connectivity index (χ4v) is 5.36. The minimum Gasteiger partial charge on any atom is -0.337 e. The number of allylic oxidation sites excluding steroid dienone is 2. The lowest BCUT2D eigenvalue weighted by atomic mass is 9.97. The number of rotatable bonds is 4. The summed E-state index contributed by atoms with van der Waals surface area (Å²) in [5.74, 6) is 2.15. The summed E-state index contributed by atoms with van der Waals surface area (Å²) in [4.78, 5) is 25.7. The predicted molar refractivity (Wildman–Crippen MR) is 103 cm³/mol. The van der Waals surface area contributed by atoms with E-state index in [1.807, 2.05) is 12.1 Å². The number of hydrogen-bond donors (Lipinski definition) is 0. The predicted octanol–water partition coefficient (Wildman–Crippen LogP) is 1.91. The van der Waals surface area contributed by atoms with E-state index in [0.717, 1.165) is 5.56 Å². The van der Waals surface area contributed by atoms with Gasteiger partial charge in [0.15, 0.2) is 17.0 Å². The van der Waals surface area contributed by atoms with E-state index in [9.17, 15) is 9.18 Å². The average molecular weight is 402 g/mol. The van der Waals surface area contributed by atoms with Crippen LogP contribution in [0.4, 0.5) is 4.39 Å². The highest BCUT2D eigenvalue weighted by Crippen LogP contribution is 2.90. The maximum atomic E-state index is 13.2. The van der Waals surface area contributed by atoms with Crippen molar-refractivity contribution < 1.29 is 8.91 Å². The van der Waals surface area contributed by atoms with Gasteiger partial charge in [-0.05, 0) is 35.1 Å². The molecule has 0 N–H and O–H groups in total. The van der Waals surface area contributed by atoms with Gasteiger partial charge in [0.2, 0.25) is 5.89 Å². The van der Waals surface area contributed by atoms with Gasteiger partial charge in [-0.15, -0.1) is 0 Å². The first-order valence-electron chi connectivity index (χ1n) is 9.76. The van der Waals surface area contributed by atoms with Crippen LogP contribution >= 0.6 is 0 Å². The number of aryl methyl sites for hydroxylation is 1. The highest BCUT2D eigenvalue weighted by atomic mass is 19.1. The number of nitrogens with zero attached hydrogens (tertiary/aromatic N) is 6. The van der Waals surface area contributed by atoms with E-state index in [1.54, 1.807) is 17.9 Å². The molecule has 0 spiro atoms. The van der Waals surface area contributed by atoms with Gasteiger partial charge in [-0.25, -0.2) is 14.4 Å². The molecule has 8 nitrogen and oxygen atoms in total. The van der Waals surface area contributed by atoms with Crippen LogP contribution in [0.25, 0.3) is 16.7 Å². The van der Waals surface area contributed by atoms with Crippen LogP contribution in [0.2, 0.25) is 0 Å². The van der Waals surface area contributed by atoms with Gasteiger partial charge in [-0.1, -0.05) is 23.4 Å². The zero-order chi connectivity index (χ0) is 20.2. The van der Waals surface area contributed by atoms with E-state index in [0.29, 0.717) is 40.6 Å². The van der Waals surface area contributed by atoms with Gasteiger partial charge < -0.3 is 9.09 Å². The third-order valence-electron chi connectivity index (χ3n) is 6.88. The number of fused-ring (bicyclic) bond motifs is 1. The van der Waals surface area contributed by atoms with Crippen LogP contribution in [0, 0.1) is 23.6 Å².